The number of hydrogen-bond acceptors (Lipinski definition) is 5. The minimum atomic E-state index is 0.249. The molecule has 0 atom stereocenters. The zero-order valence-corrected chi connectivity index (χ0v) is 12.2. The fraction of sp³-hybridized carbons (Fsp3) is 0.375. The second-order valence-electron chi connectivity index (χ2n) is 5.16. The third kappa shape index (κ3) is 4.24. The van der Waals surface area contributed by atoms with Gasteiger partial charge in [0, 0.05) is 17.7 Å². The van der Waals surface area contributed by atoms with E-state index < -0.39 is 0 Å². The molecule has 1 aromatic heterocycles. The molecule has 0 saturated heterocycles. The van der Waals surface area contributed by atoms with Gasteiger partial charge in [0.25, 0.3) is 0 Å². The van der Waals surface area contributed by atoms with Gasteiger partial charge in [-0.1, -0.05) is 35.5 Å². The van der Waals surface area contributed by atoms with Gasteiger partial charge >= 0.3 is 0 Å². The summed E-state index contributed by atoms with van der Waals surface area (Å²) >= 11 is 0. The summed E-state index contributed by atoms with van der Waals surface area (Å²) in [6.07, 6.45) is 3.21. The van der Waals surface area contributed by atoms with E-state index in [0.29, 0.717) is 12.0 Å². The van der Waals surface area contributed by atoms with E-state index in [9.17, 15) is 4.79 Å². The fourth-order valence-electron chi connectivity index (χ4n) is 2.25. The van der Waals surface area contributed by atoms with Crippen LogP contribution in [-0.4, -0.2) is 31.1 Å². The highest BCUT2D eigenvalue weighted by Crippen LogP contribution is 2.25. The quantitative estimate of drug-likeness (QED) is 0.842. The van der Waals surface area contributed by atoms with E-state index in [1.54, 1.807) is 6.07 Å². The molecule has 0 bridgehead atoms. The van der Waals surface area contributed by atoms with Gasteiger partial charge in [0.1, 0.15) is 5.69 Å². The van der Waals surface area contributed by atoms with Crippen LogP contribution < -0.4 is 11.1 Å². The monoisotopic (exact) mass is 287 g/mol. The standard InChI is InChI=1S/C10H7NO2.C6H14N2/c12-7-9-6-10(11-13-9)8-4-2-1-3-5-8;1-8-6-2-5(3-6)4-7/h1-7H;5-6,8H,2-4,7H2,1H3. The highest BCUT2D eigenvalue weighted by molar-refractivity contribution is 5.73. The summed E-state index contributed by atoms with van der Waals surface area (Å²) in [5.74, 6) is 1.06. The molecule has 0 aliphatic heterocycles. The van der Waals surface area contributed by atoms with Crippen molar-refractivity contribution in [2.24, 2.45) is 11.7 Å². The highest BCUT2D eigenvalue weighted by Gasteiger charge is 2.25. The molecule has 1 aromatic carbocycles. The number of aromatic nitrogens is 1. The van der Waals surface area contributed by atoms with Gasteiger partial charge < -0.3 is 15.6 Å². The largest absolute Gasteiger partial charge is 0.353 e. The van der Waals surface area contributed by atoms with E-state index in [1.807, 2.05) is 37.4 Å². The lowest BCUT2D eigenvalue weighted by Crippen LogP contribution is -2.41. The molecular formula is C16H21N3O2. The van der Waals surface area contributed by atoms with Gasteiger partial charge in [-0.25, -0.2) is 0 Å². The lowest BCUT2D eigenvalue weighted by atomic mass is 9.80. The molecule has 1 aliphatic carbocycles. The van der Waals surface area contributed by atoms with E-state index in [-0.39, 0.29) is 5.76 Å². The SMILES string of the molecule is CNC1CC(CN)C1.O=Cc1cc(-c2ccccc2)no1. The zero-order chi connectivity index (χ0) is 15.1. The number of carbonyl (C=O) groups excluding carboxylic acids is 1. The average molecular weight is 287 g/mol. The van der Waals surface area contributed by atoms with E-state index in [4.69, 9.17) is 10.3 Å². The first kappa shape index (κ1) is 15.4. The first-order valence-electron chi connectivity index (χ1n) is 7.11. The van der Waals surface area contributed by atoms with Crippen LogP contribution in [0.25, 0.3) is 11.3 Å². The van der Waals surface area contributed by atoms with Crippen molar-refractivity contribution in [3.8, 4) is 11.3 Å². The molecule has 5 nitrogen and oxygen atoms in total. The van der Waals surface area contributed by atoms with Gasteiger partial charge in [-0.15, -0.1) is 0 Å². The van der Waals surface area contributed by atoms with Crippen LogP contribution in [0.5, 0.6) is 0 Å². The minimum Gasteiger partial charge on any atom is -0.353 e. The first-order valence-corrected chi connectivity index (χ1v) is 7.11. The Balaban J connectivity index is 0.000000173. The summed E-state index contributed by atoms with van der Waals surface area (Å²) < 4.78 is 4.75. The van der Waals surface area contributed by atoms with Gasteiger partial charge in [0.05, 0.1) is 0 Å². The molecule has 5 heteroatoms. The molecule has 1 fully saturated rings. The first-order chi connectivity index (χ1) is 10.3. The number of carbonyl (C=O) groups is 1. The second-order valence-corrected chi connectivity index (χ2v) is 5.16. The van der Waals surface area contributed by atoms with Crippen molar-refractivity contribution in [1.29, 1.82) is 0 Å². The molecule has 3 rings (SSSR count). The van der Waals surface area contributed by atoms with Crippen molar-refractivity contribution < 1.29 is 9.32 Å². The lowest BCUT2D eigenvalue weighted by molar-refractivity contribution is 0.109. The maximum Gasteiger partial charge on any atom is 0.199 e. The molecule has 0 unspecified atom stereocenters. The fourth-order valence-corrected chi connectivity index (χ4v) is 2.25. The van der Waals surface area contributed by atoms with Crippen LogP contribution in [0.1, 0.15) is 23.4 Å². The number of nitrogens with one attached hydrogen (secondary N) is 1. The maximum absolute atomic E-state index is 10.3. The molecule has 0 amide bonds. The van der Waals surface area contributed by atoms with Crippen LogP contribution in [0.2, 0.25) is 0 Å². The lowest BCUT2D eigenvalue weighted by Gasteiger charge is -2.33. The van der Waals surface area contributed by atoms with Gasteiger partial charge in [-0.2, -0.15) is 0 Å². The summed E-state index contributed by atoms with van der Waals surface area (Å²) in [5, 5.41) is 6.96. The molecule has 2 aromatic rings. The molecule has 21 heavy (non-hydrogen) atoms. The Morgan fingerprint density at radius 2 is 2.10 bits per heavy atom. The van der Waals surface area contributed by atoms with Crippen molar-refractivity contribution in [2.45, 2.75) is 18.9 Å². The molecule has 0 spiro atoms. The van der Waals surface area contributed by atoms with Crippen LogP contribution in [0.15, 0.2) is 40.9 Å². The van der Waals surface area contributed by atoms with E-state index >= 15 is 0 Å². The molecule has 1 heterocycles. The minimum absolute atomic E-state index is 0.249. The van der Waals surface area contributed by atoms with Gasteiger partial charge in [-0.05, 0) is 32.4 Å². The topological polar surface area (TPSA) is 81.1 Å². The molecule has 0 radical (unpaired) electrons. The van der Waals surface area contributed by atoms with Crippen molar-refractivity contribution >= 4 is 6.29 Å². The van der Waals surface area contributed by atoms with Crippen LogP contribution >= 0.6 is 0 Å². The predicted octanol–water partition coefficient (Wildman–Crippen LogP) is 2.10. The third-order valence-corrected chi connectivity index (χ3v) is 3.69. The maximum atomic E-state index is 10.3. The Morgan fingerprint density at radius 1 is 1.38 bits per heavy atom. The van der Waals surface area contributed by atoms with Gasteiger partial charge in [-0.3, -0.25) is 4.79 Å². The highest BCUT2D eigenvalue weighted by atomic mass is 16.5. The van der Waals surface area contributed by atoms with Crippen LogP contribution in [0.3, 0.4) is 0 Å². The summed E-state index contributed by atoms with van der Waals surface area (Å²) in [6, 6.07) is 11.9. The number of nitrogens with two attached hydrogens (primary N) is 1. The Kier molecular flexibility index (Phi) is 5.66. The summed E-state index contributed by atoms with van der Waals surface area (Å²) in [7, 11) is 2.01. The Bertz CT molecular complexity index is 540. The second kappa shape index (κ2) is 7.71. The van der Waals surface area contributed by atoms with Crippen LogP contribution in [-0.2, 0) is 0 Å². The average Bonchev–Trinajstić information content (AvgIpc) is 2.97. The number of hydrogen-bond donors (Lipinski definition) is 2. The van der Waals surface area contributed by atoms with Crippen molar-refractivity contribution in [1.82, 2.24) is 10.5 Å². The smallest absolute Gasteiger partial charge is 0.199 e. The van der Waals surface area contributed by atoms with Gasteiger partial charge in [0.2, 0.25) is 0 Å². The number of aldehydes is 1. The van der Waals surface area contributed by atoms with Crippen LogP contribution in [0.4, 0.5) is 0 Å². The molecule has 112 valence electrons. The Morgan fingerprint density at radius 3 is 2.62 bits per heavy atom. The molecule has 1 aliphatic rings. The van der Waals surface area contributed by atoms with Crippen molar-refractivity contribution in [3.05, 3.63) is 42.2 Å². The molecule has 1 saturated carbocycles. The molecular weight excluding hydrogens is 266 g/mol. The number of nitrogens with zero attached hydrogens (tertiary/aromatic N) is 1. The van der Waals surface area contributed by atoms with Crippen molar-refractivity contribution in [2.75, 3.05) is 13.6 Å². The summed E-state index contributed by atoms with van der Waals surface area (Å²) in [5.41, 5.74) is 7.05. The van der Waals surface area contributed by atoms with Crippen LogP contribution in [0, 0.1) is 5.92 Å². The van der Waals surface area contributed by atoms with E-state index in [0.717, 1.165) is 24.1 Å². The molecule has 3 N–H and O–H groups in total. The Hall–Kier alpha value is -1.98. The van der Waals surface area contributed by atoms with Crippen molar-refractivity contribution in [3.63, 3.8) is 0 Å². The predicted molar refractivity (Wildman–Crippen MR) is 82.0 cm³/mol. The normalized spacial score (nSPS) is 20.1. The third-order valence-electron chi connectivity index (χ3n) is 3.69. The summed E-state index contributed by atoms with van der Waals surface area (Å²) in [6.45, 7) is 0.873. The summed E-state index contributed by atoms with van der Waals surface area (Å²) in [4.78, 5) is 10.3. The number of benzene rings is 1. The Labute approximate surface area is 124 Å². The number of rotatable bonds is 4. The van der Waals surface area contributed by atoms with E-state index in [1.165, 1.54) is 12.8 Å². The zero-order valence-electron chi connectivity index (χ0n) is 12.2. The van der Waals surface area contributed by atoms with E-state index in [2.05, 4.69) is 10.5 Å². The van der Waals surface area contributed by atoms with Gasteiger partial charge in [0.15, 0.2) is 12.0 Å².